The zero-order valence-corrected chi connectivity index (χ0v) is 18.2. The van der Waals surface area contributed by atoms with E-state index in [1.165, 1.54) is 51.3 Å². The number of hydrogen-bond donors (Lipinski definition) is 0. The number of rotatable bonds is 8. The Morgan fingerprint density at radius 2 is 1.83 bits per heavy atom. The maximum absolute atomic E-state index is 13.6. The van der Waals surface area contributed by atoms with Gasteiger partial charge in [-0.15, -0.1) is 0 Å². The maximum atomic E-state index is 13.6. The van der Waals surface area contributed by atoms with Gasteiger partial charge in [-0.05, 0) is 50.6 Å². The second-order valence-corrected chi connectivity index (χ2v) is 9.99. The van der Waals surface area contributed by atoms with E-state index in [4.69, 9.17) is 14.7 Å². The Balaban J connectivity index is 2.79. The summed E-state index contributed by atoms with van der Waals surface area (Å²) in [5.74, 6) is 0.335. The van der Waals surface area contributed by atoms with Gasteiger partial charge in [-0.1, -0.05) is 12.1 Å². The van der Waals surface area contributed by atoms with Crippen molar-refractivity contribution in [3.8, 4) is 17.6 Å². The lowest BCUT2D eigenvalue weighted by Crippen LogP contribution is -2.45. The summed E-state index contributed by atoms with van der Waals surface area (Å²) in [5, 5.41) is 6.94. The highest BCUT2D eigenvalue weighted by Gasteiger charge is 2.43. The molecule has 154 valence electrons. The van der Waals surface area contributed by atoms with Gasteiger partial charge in [0.2, 0.25) is 0 Å². The first-order valence-electron chi connectivity index (χ1n) is 8.50. The second-order valence-electron chi connectivity index (χ2n) is 6.62. The third-order valence-electron chi connectivity index (χ3n) is 4.10. The number of nitrogens with zero attached hydrogens (tertiary/aromatic N) is 2. The van der Waals surface area contributed by atoms with E-state index in [1.807, 2.05) is 6.07 Å². The van der Waals surface area contributed by atoms with Crippen LogP contribution in [0.2, 0.25) is 0 Å². The molecule has 0 aromatic heterocycles. The van der Waals surface area contributed by atoms with Crippen LogP contribution in [0.3, 0.4) is 0 Å². The Morgan fingerprint density at radius 1 is 1.17 bits per heavy atom. The molecule has 0 aliphatic rings. The second kappa shape index (κ2) is 8.68. The quantitative estimate of drug-likeness (QED) is 0.574. The van der Waals surface area contributed by atoms with Gasteiger partial charge in [-0.2, -0.15) is 5.26 Å². The fourth-order valence-corrected chi connectivity index (χ4v) is 5.41. The summed E-state index contributed by atoms with van der Waals surface area (Å²) in [6, 6.07) is 12.3. The molecule has 0 saturated carbocycles. The van der Waals surface area contributed by atoms with E-state index in [2.05, 4.69) is 0 Å². The number of benzene rings is 2. The summed E-state index contributed by atoms with van der Waals surface area (Å²) in [4.78, 5) is -0.173. The molecule has 2 aromatic rings. The number of sulfonamides is 1. The molecule has 0 spiro atoms. The van der Waals surface area contributed by atoms with Gasteiger partial charge >= 0.3 is 7.68 Å². The predicted molar refractivity (Wildman–Crippen MR) is 107 cm³/mol. The van der Waals surface area contributed by atoms with Crippen LogP contribution in [0.15, 0.2) is 47.4 Å². The average Bonchev–Trinajstić information content (AvgIpc) is 2.65. The summed E-state index contributed by atoms with van der Waals surface area (Å²) in [7, 11) is -6.21. The van der Waals surface area contributed by atoms with Gasteiger partial charge in [0.15, 0.2) is 11.9 Å². The van der Waals surface area contributed by atoms with Crippen LogP contribution in [-0.2, 0) is 19.2 Å². The average molecular weight is 436 g/mol. The molecule has 0 atom stereocenters. The van der Waals surface area contributed by atoms with Gasteiger partial charge in [0.1, 0.15) is 22.5 Å². The van der Waals surface area contributed by atoms with Gasteiger partial charge in [0, 0.05) is 6.07 Å². The van der Waals surface area contributed by atoms with E-state index in [0.717, 1.165) is 4.31 Å². The van der Waals surface area contributed by atoms with Crippen LogP contribution < -0.4 is 13.8 Å². The minimum atomic E-state index is -4.35. The zero-order valence-electron chi connectivity index (χ0n) is 16.4. The molecular formula is C19H21N2O6PS. The third kappa shape index (κ3) is 4.61. The molecule has 0 N–H and O–H groups in total. The van der Waals surface area contributed by atoms with Crippen molar-refractivity contribution in [2.75, 3.05) is 18.0 Å². The lowest BCUT2D eigenvalue weighted by Gasteiger charge is -2.34. The number of methoxy groups -OCH3 is 1. The number of aryl methyl sites for hydroxylation is 1. The highest BCUT2D eigenvalue weighted by Crippen LogP contribution is 2.43. The lowest BCUT2D eigenvalue weighted by molar-refractivity contribution is 0.368. The molecule has 2 rings (SSSR count). The van der Waals surface area contributed by atoms with Crippen molar-refractivity contribution in [2.24, 2.45) is 0 Å². The SMILES string of the molecule is COc1ccccc1S(=O)(=O)N(c1cc(C)cc(OCC#N)c1)C(C)(C)P(=O)=O. The minimum Gasteiger partial charge on any atom is -0.495 e. The van der Waals surface area contributed by atoms with Gasteiger partial charge in [-0.25, -0.2) is 21.9 Å². The fraction of sp³-hybridized carbons (Fsp3) is 0.316. The topological polar surface area (TPSA) is 114 Å². The predicted octanol–water partition coefficient (Wildman–Crippen LogP) is 4.01. The molecule has 0 bridgehead atoms. The van der Waals surface area contributed by atoms with Crippen LogP contribution in [0.1, 0.15) is 19.4 Å². The molecule has 8 nitrogen and oxygen atoms in total. The minimum absolute atomic E-state index is 0.0861. The van der Waals surface area contributed by atoms with Crippen molar-refractivity contribution >= 4 is 23.4 Å². The number of ether oxygens (including phenoxy) is 2. The monoisotopic (exact) mass is 436 g/mol. The standard InChI is InChI=1S/C19H21N2O6PS/c1-14-11-15(13-16(12-14)27-10-9-20)21(19(2,3)28(22)23)29(24,25)18-8-6-5-7-17(18)26-4/h5-8,11-13H,10H2,1-4H3. The van der Waals surface area contributed by atoms with Crippen LogP contribution in [0.25, 0.3) is 0 Å². The Hall–Kier alpha value is -2.82. The Morgan fingerprint density at radius 3 is 2.41 bits per heavy atom. The van der Waals surface area contributed by atoms with Gasteiger partial charge < -0.3 is 9.47 Å². The normalized spacial score (nSPS) is 11.4. The number of nitriles is 1. The van der Waals surface area contributed by atoms with E-state index in [1.54, 1.807) is 19.1 Å². The highest BCUT2D eigenvalue weighted by atomic mass is 32.2. The molecule has 29 heavy (non-hydrogen) atoms. The van der Waals surface area contributed by atoms with Crippen LogP contribution >= 0.6 is 7.68 Å². The first-order valence-corrected chi connectivity index (χ1v) is 11.1. The molecule has 0 aliphatic carbocycles. The van der Waals surface area contributed by atoms with E-state index in [9.17, 15) is 17.5 Å². The number of hydrogen-bond acceptors (Lipinski definition) is 7. The molecule has 2 aromatic carbocycles. The highest BCUT2D eigenvalue weighted by molar-refractivity contribution is 7.93. The molecule has 0 heterocycles. The molecule has 0 radical (unpaired) electrons. The molecule has 0 fully saturated rings. The number of para-hydroxylation sites is 1. The Bertz CT molecular complexity index is 1110. The van der Waals surface area contributed by atoms with Crippen LogP contribution in [0, 0.1) is 18.3 Å². The molecule has 0 aliphatic heterocycles. The lowest BCUT2D eigenvalue weighted by atomic mass is 10.2. The van der Waals surface area contributed by atoms with Crippen molar-refractivity contribution < 1.29 is 27.0 Å². The van der Waals surface area contributed by atoms with Crippen molar-refractivity contribution in [3.63, 3.8) is 0 Å². The molecule has 0 unspecified atom stereocenters. The fourth-order valence-electron chi connectivity index (χ4n) is 2.80. The summed E-state index contributed by atoms with van der Waals surface area (Å²) < 4.78 is 62.6. The van der Waals surface area contributed by atoms with E-state index in [0.29, 0.717) is 5.56 Å². The van der Waals surface area contributed by atoms with Crippen molar-refractivity contribution in [3.05, 3.63) is 48.0 Å². The molecule has 0 saturated heterocycles. The number of anilines is 1. The first-order chi connectivity index (χ1) is 13.6. The largest absolute Gasteiger partial charge is 0.495 e. The van der Waals surface area contributed by atoms with Crippen molar-refractivity contribution in [2.45, 2.75) is 30.9 Å². The first kappa shape index (κ1) is 22.5. The summed E-state index contributed by atoms with van der Waals surface area (Å²) in [6.45, 7) is 4.07. The van der Waals surface area contributed by atoms with Gasteiger partial charge in [0.25, 0.3) is 10.0 Å². The van der Waals surface area contributed by atoms with Crippen LogP contribution in [-0.4, -0.2) is 27.4 Å². The van der Waals surface area contributed by atoms with Crippen molar-refractivity contribution in [1.29, 1.82) is 5.26 Å². The van der Waals surface area contributed by atoms with Crippen LogP contribution in [0.5, 0.6) is 11.5 Å². The molecule has 0 amide bonds. The Kier molecular flexibility index (Phi) is 6.73. The summed E-state index contributed by atoms with van der Waals surface area (Å²) >= 11 is 0. The smallest absolute Gasteiger partial charge is 0.342 e. The third-order valence-corrected chi connectivity index (χ3v) is 7.37. The van der Waals surface area contributed by atoms with Gasteiger partial charge in [0.05, 0.1) is 12.8 Å². The van der Waals surface area contributed by atoms with E-state index < -0.39 is 23.0 Å². The molecule has 10 heteroatoms. The Labute approximate surface area is 170 Å². The van der Waals surface area contributed by atoms with Crippen LogP contribution in [0.4, 0.5) is 5.69 Å². The molecular weight excluding hydrogens is 415 g/mol. The maximum Gasteiger partial charge on any atom is 0.342 e. The van der Waals surface area contributed by atoms with E-state index >= 15 is 0 Å². The van der Waals surface area contributed by atoms with E-state index in [-0.39, 0.29) is 28.7 Å². The summed E-state index contributed by atoms with van der Waals surface area (Å²) in [6.07, 6.45) is 0. The summed E-state index contributed by atoms with van der Waals surface area (Å²) in [5.41, 5.74) is 0.723. The van der Waals surface area contributed by atoms with Gasteiger partial charge in [-0.3, -0.25) is 0 Å². The zero-order chi connectivity index (χ0) is 21.8. The van der Waals surface area contributed by atoms with Crippen molar-refractivity contribution in [1.82, 2.24) is 0 Å².